The van der Waals surface area contributed by atoms with E-state index in [0.717, 1.165) is 19.1 Å². The minimum Gasteiger partial charge on any atom is -0.354 e. The molecule has 2 amide bonds. The van der Waals surface area contributed by atoms with Gasteiger partial charge in [-0.25, -0.2) is 12.8 Å². The summed E-state index contributed by atoms with van der Waals surface area (Å²) in [5, 5.41) is 3.25. The Morgan fingerprint density at radius 2 is 1.80 bits per heavy atom. The van der Waals surface area contributed by atoms with Crippen molar-refractivity contribution in [2.75, 3.05) is 23.7 Å². The van der Waals surface area contributed by atoms with Gasteiger partial charge in [0.15, 0.2) is 0 Å². The first-order chi connectivity index (χ1) is 16.5. The molecule has 0 aliphatic rings. The highest BCUT2D eigenvalue weighted by Crippen LogP contribution is 2.22. The summed E-state index contributed by atoms with van der Waals surface area (Å²) in [6.07, 6.45) is 3.12. The lowest BCUT2D eigenvalue weighted by Gasteiger charge is -2.29. The van der Waals surface area contributed by atoms with E-state index in [1.165, 1.54) is 21.3 Å². The van der Waals surface area contributed by atoms with Gasteiger partial charge in [0.1, 0.15) is 11.9 Å². The summed E-state index contributed by atoms with van der Waals surface area (Å²) in [7, 11) is -3.60. The highest BCUT2D eigenvalue weighted by molar-refractivity contribution is 7.92. The van der Waals surface area contributed by atoms with Crippen LogP contribution >= 0.6 is 11.6 Å². The summed E-state index contributed by atoms with van der Waals surface area (Å²) < 4.78 is 39.2. The zero-order valence-corrected chi connectivity index (χ0v) is 21.9. The van der Waals surface area contributed by atoms with E-state index in [0.29, 0.717) is 22.8 Å². The number of rotatable bonds is 13. The number of benzene rings is 2. The average molecular weight is 526 g/mol. The Kier molecular flexibility index (Phi) is 11.0. The van der Waals surface area contributed by atoms with Crippen LogP contribution in [0.2, 0.25) is 5.02 Å². The van der Waals surface area contributed by atoms with E-state index < -0.39 is 16.1 Å². The normalized spacial score (nSPS) is 12.1. The van der Waals surface area contributed by atoms with Gasteiger partial charge in [0.25, 0.3) is 0 Å². The van der Waals surface area contributed by atoms with Crippen LogP contribution in [0.4, 0.5) is 10.1 Å². The fourth-order valence-electron chi connectivity index (χ4n) is 3.54. The molecule has 0 heterocycles. The Labute approximate surface area is 212 Å². The van der Waals surface area contributed by atoms with Gasteiger partial charge in [-0.05, 0) is 55.7 Å². The summed E-state index contributed by atoms with van der Waals surface area (Å²) in [5.41, 5.74) is 1.10. The van der Waals surface area contributed by atoms with Gasteiger partial charge >= 0.3 is 0 Å². The molecule has 0 radical (unpaired) electrons. The molecule has 2 rings (SSSR count). The van der Waals surface area contributed by atoms with E-state index >= 15 is 0 Å². The molecule has 1 N–H and O–H groups in total. The van der Waals surface area contributed by atoms with Gasteiger partial charge in [0.05, 0.1) is 11.9 Å². The van der Waals surface area contributed by atoms with Crippen molar-refractivity contribution in [3.05, 3.63) is 64.9 Å². The molecular formula is C25H33ClFN3O4S. The van der Waals surface area contributed by atoms with Gasteiger partial charge in [0, 0.05) is 31.1 Å². The van der Waals surface area contributed by atoms with Gasteiger partial charge < -0.3 is 10.2 Å². The number of amides is 2. The lowest BCUT2D eigenvalue weighted by molar-refractivity contribution is -0.140. The van der Waals surface area contributed by atoms with Gasteiger partial charge in [-0.1, -0.05) is 43.1 Å². The molecule has 0 saturated carbocycles. The van der Waals surface area contributed by atoms with Gasteiger partial charge in [-0.3, -0.25) is 13.9 Å². The van der Waals surface area contributed by atoms with Crippen molar-refractivity contribution in [1.29, 1.82) is 0 Å². The molecule has 0 spiro atoms. The second kappa shape index (κ2) is 13.4. The molecule has 0 fully saturated rings. The fraction of sp³-hybridized carbons (Fsp3) is 0.440. The summed E-state index contributed by atoms with van der Waals surface area (Å²) in [6, 6.07) is 11.5. The molecule has 0 aliphatic carbocycles. The zero-order valence-electron chi connectivity index (χ0n) is 20.3. The third-order valence-electron chi connectivity index (χ3n) is 5.51. The van der Waals surface area contributed by atoms with Crippen LogP contribution in [0, 0.1) is 5.82 Å². The molecule has 0 unspecified atom stereocenters. The maximum absolute atomic E-state index is 13.3. The molecule has 7 nitrogen and oxygen atoms in total. The number of sulfonamides is 1. The van der Waals surface area contributed by atoms with Crippen molar-refractivity contribution in [2.45, 2.75) is 52.1 Å². The highest BCUT2D eigenvalue weighted by Gasteiger charge is 2.26. The monoisotopic (exact) mass is 525 g/mol. The number of halogens is 2. The summed E-state index contributed by atoms with van der Waals surface area (Å²) in [4.78, 5) is 27.3. The topological polar surface area (TPSA) is 86.8 Å². The van der Waals surface area contributed by atoms with E-state index in [9.17, 15) is 22.4 Å². The van der Waals surface area contributed by atoms with Crippen molar-refractivity contribution in [3.63, 3.8) is 0 Å². The van der Waals surface area contributed by atoms with Crippen LogP contribution < -0.4 is 9.62 Å². The van der Waals surface area contributed by atoms with Crippen molar-refractivity contribution >= 4 is 39.1 Å². The maximum atomic E-state index is 13.3. The second-order valence-corrected chi connectivity index (χ2v) is 10.7. The van der Waals surface area contributed by atoms with Gasteiger partial charge in [-0.2, -0.15) is 0 Å². The largest absolute Gasteiger partial charge is 0.354 e. The van der Waals surface area contributed by atoms with E-state index in [2.05, 4.69) is 5.32 Å². The van der Waals surface area contributed by atoms with Crippen LogP contribution in [0.25, 0.3) is 0 Å². The number of carbonyl (C=O) groups excluding carboxylic acids is 2. The number of unbranched alkanes of at least 4 members (excludes halogenated alkanes) is 1. The number of nitrogens with one attached hydrogen (secondary N) is 1. The van der Waals surface area contributed by atoms with E-state index in [4.69, 9.17) is 11.6 Å². The summed E-state index contributed by atoms with van der Waals surface area (Å²) in [6.45, 7) is 4.39. The standard InChI is InChI=1S/C25H33ClFN3O4S/c1-4-5-15-28-25(32)19(2)29(18-20-11-13-22(27)14-12-20)24(31)10-7-16-30(35(3,33)34)23-9-6-8-21(26)17-23/h6,8-9,11-14,17,19H,4-5,7,10,15-16,18H2,1-3H3,(H,28,32)/t19-/m1/s1. The van der Waals surface area contributed by atoms with Crippen LogP contribution in [-0.4, -0.2) is 50.5 Å². The SMILES string of the molecule is CCCCNC(=O)[C@@H](C)N(Cc1ccc(F)cc1)C(=O)CCCN(c1cccc(Cl)c1)S(C)(=O)=O. The second-order valence-electron chi connectivity index (χ2n) is 8.39. The predicted molar refractivity (Wildman–Crippen MR) is 137 cm³/mol. The number of hydrogen-bond acceptors (Lipinski definition) is 4. The van der Waals surface area contributed by atoms with Crippen molar-refractivity contribution < 1.29 is 22.4 Å². The quantitative estimate of drug-likeness (QED) is 0.394. The molecule has 1 atom stereocenters. The molecule has 2 aromatic carbocycles. The van der Waals surface area contributed by atoms with E-state index in [1.54, 1.807) is 43.3 Å². The van der Waals surface area contributed by atoms with Crippen LogP contribution in [0.5, 0.6) is 0 Å². The van der Waals surface area contributed by atoms with Crippen LogP contribution in [-0.2, 0) is 26.2 Å². The molecule has 10 heteroatoms. The zero-order chi connectivity index (χ0) is 26.0. The lowest BCUT2D eigenvalue weighted by Crippen LogP contribution is -2.48. The summed E-state index contributed by atoms with van der Waals surface area (Å²) >= 11 is 6.02. The van der Waals surface area contributed by atoms with Crippen LogP contribution in [0.15, 0.2) is 48.5 Å². The summed E-state index contributed by atoms with van der Waals surface area (Å²) in [5.74, 6) is -0.962. The Morgan fingerprint density at radius 3 is 2.40 bits per heavy atom. The molecule has 0 saturated heterocycles. The van der Waals surface area contributed by atoms with Crippen molar-refractivity contribution in [2.24, 2.45) is 0 Å². The lowest BCUT2D eigenvalue weighted by atomic mass is 10.1. The number of carbonyl (C=O) groups is 2. The Hall–Kier alpha value is -2.65. The molecule has 0 aliphatic heterocycles. The first kappa shape index (κ1) is 28.6. The first-order valence-electron chi connectivity index (χ1n) is 11.6. The molecule has 35 heavy (non-hydrogen) atoms. The minimum absolute atomic E-state index is 0.0281. The van der Waals surface area contributed by atoms with Gasteiger partial charge in [0.2, 0.25) is 21.8 Å². The Morgan fingerprint density at radius 1 is 1.11 bits per heavy atom. The molecule has 0 aromatic heterocycles. The maximum Gasteiger partial charge on any atom is 0.242 e. The van der Waals surface area contributed by atoms with Crippen molar-refractivity contribution in [3.8, 4) is 0 Å². The highest BCUT2D eigenvalue weighted by atomic mass is 35.5. The molecule has 2 aromatic rings. The third-order valence-corrected chi connectivity index (χ3v) is 6.94. The van der Waals surface area contributed by atoms with Crippen LogP contribution in [0.3, 0.4) is 0 Å². The Balaban J connectivity index is 2.13. The Bertz CT molecular complexity index is 1100. The number of hydrogen-bond donors (Lipinski definition) is 1. The minimum atomic E-state index is -3.60. The number of anilines is 1. The average Bonchev–Trinajstić information content (AvgIpc) is 2.80. The van der Waals surface area contributed by atoms with Gasteiger partial charge in [-0.15, -0.1) is 0 Å². The molecule has 192 valence electrons. The third kappa shape index (κ3) is 9.14. The van der Waals surface area contributed by atoms with E-state index in [1.807, 2.05) is 6.92 Å². The van der Waals surface area contributed by atoms with Crippen LogP contribution in [0.1, 0.15) is 45.1 Å². The molecule has 0 bridgehead atoms. The number of nitrogens with zero attached hydrogens (tertiary/aromatic N) is 2. The fourth-order valence-corrected chi connectivity index (χ4v) is 4.68. The smallest absolute Gasteiger partial charge is 0.242 e. The first-order valence-corrected chi connectivity index (χ1v) is 13.8. The van der Waals surface area contributed by atoms with Crippen molar-refractivity contribution in [1.82, 2.24) is 10.2 Å². The van der Waals surface area contributed by atoms with E-state index in [-0.39, 0.29) is 43.6 Å². The molecular weight excluding hydrogens is 493 g/mol. The predicted octanol–water partition coefficient (Wildman–Crippen LogP) is 4.36.